The Kier molecular flexibility index (Phi) is 9.77. The van der Waals surface area contributed by atoms with Gasteiger partial charge >= 0.3 is 5.97 Å². The summed E-state index contributed by atoms with van der Waals surface area (Å²) in [7, 11) is 1.89. The fourth-order valence-corrected chi connectivity index (χ4v) is 4.92. The minimum atomic E-state index is -0.814. The molecule has 4 aromatic rings. The van der Waals surface area contributed by atoms with Gasteiger partial charge in [-0.2, -0.15) is 5.10 Å². The largest absolute Gasteiger partial charge is 0.486 e. The highest BCUT2D eigenvalue weighted by atomic mass is 16.6. The lowest BCUT2D eigenvalue weighted by molar-refractivity contribution is -0.137. The number of aryl methyl sites for hydroxylation is 3. The maximum Gasteiger partial charge on any atom is 0.303 e. The Morgan fingerprint density at radius 3 is 2.19 bits per heavy atom. The zero-order chi connectivity index (χ0) is 30.2. The summed E-state index contributed by atoms with van der Waals surface area (Å²) < 4.78 is 23.8. The molecule has 2 aliphatic rings. The number of anilines is 1. The quantitative estimate of drug-likeness (QED) is 0.245. The van der Waals surface area contributed by atoms with Crippen molar-refractivity contribution in [2.75, 3.05) is 31.7 Å². The second-order valence-corrected chi connectivity index (χ2v) is 10.3. The van der Waals surface area contributed by atoms with E-state index < -0.39 is 5.97 Å². The highest BCUT2D eigenvalue weighted by Crippen LogP contribution is 2.32. The van der Waals surface area contributed by atoms with Gasteiger partial charge in [0.2, 0.25) is 0 Å². The first kappa shape index (κ1) is 29.9. The fourth-order valence-electron chi connectivity index (χ4n) is 4.92. The first-order valence-electron chi connectivity index (χ1n) is 14.6. The van der Waals surface area contributed by atoms with Crippen LogP contribution in [0.15, 0.2) is 36.4 Å². The van der Waals surface area contributed by atoms with Crippen molar-refractivity contribution in [3.63, 3.8) is 0 Å². The fraction of sp³-hybridized carbons (Fsp3) is 0.419. The third-order valence-electron chi connectivity index (χ3n) is 6.98. The minimum Gasteiger partial charge on any atom is -0.486 e. The lowest BCUT2D eigenvalue weighted by Crippen LogP contribution is -2.15. The summed E-state index contributed by atoms with van der Waals surface area (Å²) in [5.41, 5.74) is 10.2. The molecular weight excluding hydrogens is 552 g/mol. The Bertz CT molecular complexity index is 1570. The molecule has 0 saturated heterocycles. The second-order valence-electron chi connectivity index (χ2n) is 10.3. The van der Waals surface area contributed by atoms with Gasteiger partial charge in [-0.3, -0.25) is 9.48 Å². The van der Waals surface area contributed by atoms with E-state index in [0.29, 0.717) is 64.0 Å². The number of nitrogens with two attached hydrogens (primary N) is 1. The standard InChI is InChI=1S/C22H27N5O4.C9H11NO2/c1-3-5-15-20-21(27(2)26-15)22(25-18(24-20)6-4-7-19(28)29)23-13-14-8-9-16-17(12-14)31-11-10-30-16;10-6-7-1-2-8-9(5-7)12-4-3-11-8/h8-9,12H,3-7,10-11,13H2,1-2H3,(H,28,29)(H,23,24,25);1-2,5H,3-4,6,10H2. The Labute approximate surface area is 250 Å². The van der Waals surface area contributed by atoms with Crippen molar-refractivity contribution >= 4 is 22.8 Å². The van der Waals surface area contributed by atoms with Crippen molar-refractivity contribution in [2.24, 2.45) is 12.8 Å². The first-order valence-corrected chi connectivity index (χ1v) is 14.6. The van der Waals surface area contributed by atoms with E-state index >= 15 is 0 Å². The molecule has 2 aromatic heterocycles. The van der Waals surface area contributed by atoms with Crippen LogP contribution in [0.5, 0.6) is 23.0 Å². The summed E-state index contributed by atoms with van der Waals surface area (Å²) in [6, 6.07) is 11.7. The molecule has 0 aliphatic carbocycles. The van der Waals surface area contributed by atoms with Gasteiger partial charge in [-0.15, -0.1) is 0 Å². The van der Waals surface area contributed by atoms with E-state index in [0.717, 1.165) is 63.7 Å². The lowest BCUT2D eigenvalue weighted by Gasteiger charge is -2.19. The number of hydrogen-bond donors (Lipinski definition) is 3. The van der Waals surface area contributed by atoms with Crippen molar-refractivity contribution in [3.8, 4) is 23.0 Å². The first-order chi connectivity index (χ1) is 20.9. The van der Waals surface area contributed by atoms with Gasteiger partial charge < -0.3 is 35.1 Å². The minimum absolute atomic E-state index is 0.0935. The van der Waals surface area contributed by atoms with E-state index in [1.807, 2.05) is 48.1 Å². The Morgan fingerprint density at radius 2 is 1.56 bits per heavy atom. The van der Waals surface area contributed by atoms with E-state index in [4.69, 9.17) is 39.8 Å². The second kappa shape index (κ2) is 14.1. The molecule has 2 aliphatic heterocycles. The van der Waals surface area contributed by atoms with Crippen molar-refractivity contribution < 1.29 is 28.8 Å². The Balaban J connectivity index is 0.000000255. The lowest BCUT2D eigenvalue weighted by atomic mass is 10.2. The van der Waals surface area contributed by atoms with Gasteiger partial charge in [-0.25, -0.2) is 9.97 Å². The number of fused-ring (bicyclic) bond motifs is 3. The summed E-state index contributed by atoms with van der Waals surface area (Å²) >= 11 is 0. The van der Waals surface area contributed by atoms with Gasteiger partial charge in [0.05, 0.1) is 5.69 Å². The molecule has 0 fully saturated rings. The van der Waals surface area contributed by atoms with Gasteiger partial charge in [0, 0.05) is 33.0 Å². The summed E-state index contributed by atoms with van der Waals surface area (Å²) in [6.07, 6.45) is 2.87. The number of rotatable bonds is 10. The molecule has 0 radical (unpaired) electrons. The van der Waals surface area contributed by atoms with Crippen LogP contribution in [-0.2, 0) is 37.8 Å². The average Bonchev–Trinajstić information content (AvgIpc) is 3.34. The van der Waals surface area contributed by atoms with Crippen molar-refractivity contribution in [3.05, 3.63) is 59.0 Å². The maximum absolute atomic E-state index is 10.9. The molecule has 12 nitrogen and oxygen atoms in total. The van der Waals surface area contributed by atoms with Gasteiger partial charge in [-0.1, -0.05) is 25.5 Å². The maximum atomic E-state index is 10.9. The third kappa shape index (κ3) is 7.44. The number of benzene rings is 2. The molecule has 43 heavy (non-hydrogen) atoms. The number of aromatic nitrogens is 4. The smallest absolute Gasteiger partial charge is 0.303 e. The van der Waals surface area contributed by atoms with Crippen LogP contribution in [-0.4, -0.2) is 57.3 Å². The average molecular weight is 591 g/mol. The predicted octanol–water partition coefficient (Wildman–Crippen LogP) is 4.02. The topological polar surface area (TPSA) is 156 Å². The Hall–Kier alpha value is -4.58. The number of carboxylic acids is 1. The normalized spacial score (nSPS) is 13.3. The molecule has 0 saturated carbocycles. The molecule has 0 spiro atoms. The number of carboxylic acid groups (broad SMARTS) is 1. The van der Waals surface area contributed by atoms with E-state index in [9.17, 15) is 4.79 Å². The van der Waals surface area contributed by atoms with Crippen LogP contribution in [0.25, 0.3) is 11.0 Å². The number of aliphatic carboxylic acids is 1. The van der Waals surface area contributed by atoms with Crippen LogP contribution in [0.2, 0.25) is 0 Å². The number of ether oxygens (including phenoxy) is 4. The summed E-state index contributed by atoms with van der Waals surface area (Å²) in [4.78, 5) is 20.3. The highest BCUT2D eigenvalue weighted by Gasteiger charge is 2.18. The van der Waals surface area contributed by atoms with E-state index in [1.165, 1.54) is 0 Å². The van der Waals surface area contributed by atoms with Crippen LogP contribution in [0.4, 0.5) is 5.82 Å². The number of nitrogens with one attached hydrogen (secondary N) is 1. The zero-order valence-electron chi connectivity index (χ0n) is 24.6. The SMILES string of the molecule is CCCc1nn(C)c2c(NCc3ccc4c(c3)OCCO4)nc(CCCC(=O)O)nc12.NCc1ccc2c(c1)OCCO2. The summed E-state index contributed by atoms with van der Waals surface area (Å²) in [5, 5.41) is 17.0. The molecule has 6 rings (SSSR count). The van der Waals surface area contributed by atoms with Crippen LogP contribution < -0.4 is 30.0 Å². The van der Waals surface area contributed by atoms with Crippen molar-refractivity contribution in [1.29, 1.82) is 0 Å². The van der Waals surface area contributed by atoms with Gasteiger partial charge in [0.1, 0.15) is 43.3 Å². The van der Waals surface area contributed by atoms with Crippen LogP contribution in [0.1, 0.15) is 48.8 Å². The van der Waals surface area contributed by atoms with Crippen molar-refractivity contribution in [1.82, 2.24) is 19.7 Å². The van der Waals surface area contributed by atoms with E-state index in [1.54, 1.807) is 0 Å². The molecule has 0 atom stereocenters. The number of carbonyl (C=O) groups is 1. The number of nitrogens with zero attached hydrogens (tertiary/aromatic N) is 4. The Morgan fingerprint density at radius 1 is 0.930 bits per heavy atom. The molecule has 228 valence electrons. The molecule has 0 amide bonds. The molecule has 4 N–H and O–H groups in total. The van der Waals surface area contributed by atoms with Crippen LogP contribution >= 0.6 is 0 Å². The van der Waals surface area contributed by atoms with E-state index in [2.05, 4.69) is 17.3 Å². The molecule has 0 unspecified atom stereocenters. The van der Waals surface area contributed by atoms with Crippen LogP contribution in [0, 0.1) is 0 Å². The molecule has 2 aromatic carbocycles. The summed E-state index contributed by atoms with van der Waals surface area (Å²) in [5.74, 6) is 3.65. The molecule has 12 heteroatoms. The highest BCUT2D eigenvalue weighted by molar-refractivity contribution is 5.87. The zero-order valence-corrected chi connectivity index (χ0v) is 24.6. The molecule has 4 heterocycles. The molecular formula is C31H38N6O6. The van der Waals surface area contributed by atoms with Crippen molar-refractivity contribution in [2.45, 2.75) is 52.1 Å². The number of hydrogen-bond acceptors (Lipinski definition) is 10. The predicted molar refractivity (Wildman–Crippen MR) is 161 cm³/mol. The summed E-state index contributed by atoms with van der Waals surface area (Å²) in [6.45, 7) is 5.56. The monoisotopic (exact) mass is 590 g/mol. The van der Waals surface area contributed by atoms with Gasteiger partial charge in [0.25, 0.3) is 0 Å². The third-order valence-corrected chi connectivity index (χ3v) is 6.98. The van der Waals surface area contributed by atoms with Gasteiger partial charge in [-0.05, 0) is 48.2 Å². The van der Waals surface area contributed by atoms with Gasteiger partial charge in [0.15, 0.2) is 28.8 Å². The molecule has 0 bridgehead atoms. The van der Waals surface area contributed by atoms with Crippen LogP contribution in [0.3, 0.4) is 0 Å². The van der Waals surface area contributed by atoms with E-state index in [-0.39, 0.29) is 6.42 Å².